The van der Waals surface area contributed by atoms with Crippen molar-refractivity contribution in [3.63, 3.8) is 0 Å². The molecule has 0 N–H and O–H groups in total. The number of benzene rings is 1. The standard InChI is InChI=1S/C20H22ClN3O3S2/c1-2-23(13-15-9-10-18(21)28-15)20(25)14-6-5-11-24(12-14)19-16-7-3-4-8-17(16)29(26,27)22-19/h3-4,7-10,14H,2,5-6,11-13H2,1H3/t14-/m0/s1. The molecule has 1 aromatic heterocycles. The van der Waals surface area contributed by atoms with E-state index < -0.39 is 10.0 Å². The second-order valence-electron chi connectivity index (χ2n) is 7.23. The summed E-state index contributed by atoms with van der Waals surface area (Å²) in [5.74, 6) is 0.375. The van der Waals surface area contributed by atoms with Crippen LogP contribution in [0.3, 0.4) is 0 Å². The number of carbonyl (C=O) groups excluding carboxylic acids is 1. The third kappa shape index (κ3) is 4.06. The van der Waals surface area contributed by atoms with Crippen LogP contribution in [0.2, 0.25) is 4.34 Å². The summed E-state index contributed by atoms with van der Waals surface area (Å²) in [7, 11) is -3.66. The lowest BCUT2D eigenvalue weighted by atomic mass is 9.95. The second kappa shape index (κ2) is 8.08. The SMILES string of the molecule is CCN(Cc1ccc(Cl)s1)C(=O)[C@H]1CCCN(C2=NS(=O)(=O)c3ccccc32)C1. The van der Waals surface area contributed by atoms with Crippen molar-refractivity contribution in [2.75, 3.05) is 19.6 Å². The molecule has 1 amide bonds. The number of hydrogen-bond donors (Lipinski definition) is 0. The number of fused-ring (bicyclic) bond motifs is 1. The largest absolute Gasteiger partial charge is 0.355 e. The average Bonchev–Trinajstić information content (AvgIpc) is 3.26. The van der Waals surface area contributed by atoms with Gasteiger partial charge < -0.3 is 9.80 Å². The van der Waals surface area contributed by atoms with E-state index in [2.05, 4.69) is 4.40 Å². The number of amidine groups is 1. The lowest BCUT2D eigenvalue weighted by molar-refractivity contribution is -0.137. The molecule has 0 spiro atoms. The number of thiophene rings is 1. The Morgan fingerprint density at radius 1 is 1.31 bits per heavy atom. The van der Waals surface area contributed by atoms with Gasteiger partial charge in [-0.05, 0) is 44.0 Å². The molecule has 1 fully saturated rings. The molecule has 29 heavy (non-hydrogen) atoms. The molecule has 0 radical (unpaired) electrons. The normalized spacial score (nSPS) is 20.3. The minimum atomic E-state index is -3.66. The smallest absolute Gasteiger partial charge is 0.285 e. The van der Waals surface area contributed by atoms with E-state index in [9.17, 15) is 13.2 Å². The minimum absolute atomic E-state index is 0.0939. The van der Waals surface area contributed by atoms with Crippen LogP contribution in [0.1, 0.15) is 30.2 Å². The number of nitrogens with zero attached hydrogens (tertiary/aromatic N) is 3. The number of carbonyl (C=O) groups is 1. The predicted octanol–water partition coefficient (Wildman–Crippen LogP) is 3.61. The van der Waals surface area contributed by atoms with Gasteiger partial charge in [0.05, 0.1) is 16.8 Å². The molecule has 1 aromatic carbocycles. The Kier molecular flexibility index (Phi) is 5.68. The highest BCUT2D eigenvalue weighted by molar-refractivity contribution is 7.90. The summed E-state index contributed by atoms with van der Waals surface area (Å²) in [5.41, 5.74) is 0.626. The summed E-state index contributed by atoms with van der Waals surface area (Å²) in [6.45, 7) is 4.30. The van der Waals surface area contributed by atoms with Gasteiger partial charge in [-0.15, -0.1) is 15.7 Å². The van der Waals surface area contributed by atoms with E-state index in [-0.39, 0.29) is 16.7 Å². The van der Waals surface area contributed by atoms with Gasteiger partial charge in [-0.2, -0.15) is 8.42 Å². The zero-order chi connectivity index (χ0) is 20.6. The monoisotopic (exact) mass is 451 g/mol. The zero-order valence-corrected chi connectivity index (χ0v) is 18.4. The Bertz CT molecular complexity index is 1060. The molecule has 0 unspecified atom stereocenters. The fourth-order valence-electron chi connectivity index (χ4n) is 3.92. The maximum Gasteiger partial charge on any atom is 0.285 e. The fourth-order valence-corrected chi connectivity index (χ4v) is 6.25. The summed E-state index contributed by atoms with van der Waals surface area (Å²) in [6.07, 6.45) is 1.61. The summed E-state index contributed by atoms with van der Waals surface area (Å²) >= 11 is 7.50. The van der Waals surface area contributed by atoms with Crippen molar-refractivity contribution in [1.29, 1.82) is 0 Å². The topological polar surface area (TPSA) is 70.1 Å². The van der Waals surface area contributed by atoms with Gasteiger partial charge in [0.15, 0.2) is 5.84 Å². The fraction of sp³-hybridized carbons (Fsp3) is 0.400. The van der Waals surface area contributed by atoms with Crippen molar-refractivity contribution in [2.45, 2.75) is 31.2 Å². The van der Waals surface area contributed by atoms with Gasteiger partial charge in [0.25, 0.3) is 10.0 Å². The summed E-state index contributed by atoms with van der Waals surface area (Å²) in [6, 6.07) is 10.7. The van der Waals surface area contributed by atoms with Crippen LogP contribution in [0.5, 0.6) is 0 Å². The van der Waals surface area contributed by atoms with E-state index in [0.717, 1.165) is 17.7 Å². The van der Waals surface area contributed by atoms with Crippen molar-refractivity contribution in [3.05, 3.63) is 51.2 Å². The van der Waals surface area contributed by atoms with E-state index in [0.29, 0.717) is 41.9 Å². The third-order valence-corrected chi connectivity index (χ3v) is 7.89. The lowest BCUT2D eigenvalue weighted by Crippen LogP contribution is -2.46. The first-order valence-corrected chi connectivity index (χ1v) is 12.2. The number of amides is 1. The average molecular weight is 452 g/mol. The van der Waals surface area contributed by atoms with Crippen LogP contribution in [-0.2, 0) is 21.4 Å². The third-order valence-electron chi connectivity index (χ3n) is 5.35. The predicted molar refractivity (Wildman–Crippen MR) is 115 cm³/mol. The summed E-state index contributed by atoms with van der Waals surface area (Å²) in [4.78, 5) is 18.3. The minimum Gasteiger partial charge on any atom is -0.355 e. The zero-order valence-electron chi connectivity index (χ0n) is 16.0. The van der Waals surface area contributed by atoms with Gasteiger partial charge in [0.2, 0.25) is 5.91 Å². The van der Waals surface area contributed by atoms with E-state index in [1.165, 1.54) is 11.3 Å². The first-order chi connectivity index (χ1) is 13.9. The molecule has 2 aliphatic rings. The highest BCUT2D eigenvalue weighted by Crippen LogP contribution is 2.30. The van der Waals surface area contributed by atoms with Crippen molar-refractivity contribution in [2.24, 2.45) is 10.3 Å². The van der Waals surface area contributed by atoms with E-state index in [4.69, 9.17) is 11.6 Å². The molecular formula is C20H22ClN3O3S2. The Hall–Kier alpha value is -1.90. The highest BCUT2D eigenvalue weighted by Gasteiger charge is 2.36. The Morgan fingerprint density at radius 2 is 2.10 bits per heavy atom. The van der Waals surface area contributed by atoms with Gasteiger partial charge in [-0.1, -0.05) is 23.7 Å². The Morgan fingerprint density at radius 3 is 2.83 bits per heavy atom. The van der Waals surface area contributed by atoms with Crippen LogP contribution in [0.4, 0.5) is 0 Å². The number of halogens is 1. The van der Waals surface area contributed by atoms with Crippen LogP contribution in [0.25, 0.3) is 0 Å². The van der Waals surface area contributed by atoms with Gasteiger partial charge in [-0.3, -0.25) is 4.79 Å². The Balaban J connectivity index is 1.52. The molecule has 2 aliphatic heterocycles. The molecule has 6 nitrogen and oxygen atoms in total. The molecule has 1 saturated heterocycles. The van der Waals surface area contributed by atoms with Crippen LogP contribution in [0, 0.1) is 5.92 Å². The van der Waals surface area contributed by atoms with Gasteiger partial charge in [0.1, 0.15) is 4.90 Å². The van der Waals surface area contributed by atoms with Gasteiger partial charge >= 0.3 is 0 Å². The van der Waals surface area contributed by atoms with Crippen LogP contribution >= 0.6 is 22.9 Å². The van der Waals surface area contributed by atoms with Crippen LogP contribution in [-0.4, -0.2) is 49.6 Å². The molecule has 4 rings (SSSR count). The van der Waals surface area contributed by atoms with E-state index >= 15 is 0 Å². The molecule has 1 atom stereocenters. The molecule has 154 valence electrons. The van der Waals surface area contributed by atoms with Gasteiger partial charge in [-0.25, -0.2) is 0 Å². The lowest BCUT2D eigenvalue weighted by Gasteiger charge is -2.35. The number of rotatable bonds is 4. The number of piperidine rings is 1. The first-order valence-electron chi connectivity index (χ1n) is 9.61. The number of likely N-dealkylation sites (tertiary alicyclic amines) is 1. The second-order valence-corrected chi connectivity index (χ2v) is 10.6. The van der Waals surface area contributed by atoms with Crippen LogP contribution in [0.15, 0.2) is 45.7 Å². The molecule has 0 saturated carbocycles. The molecular weight excluding hydrogens is 430 g/mol. The van der Waals surface area contributed by atoms with Crippen LogP contribution < -0.4 is 0 Å². The summed E-state index contributed by atoms with van der Waals surface area (Å²) < 4.78 is 29.5. The highest BCUT2D eigenvalue weighted by atomic mass is 35.5. The van der Waals surface area contributed by atoms with Crippen molar-refractivity contribution in [1.82, 2.24) is 9.80 Å². The number of sulfonamides is 1. The number of hydrogen-bond acceptors (Lipinski definition) is 5. The van der Waals surface area contributed by atoms with Gasteiger partial charge in [0, 0.05) is 30.1 Å². The molecule has 0 aliphatic carbocycles. The quantitative estimate of drug-likeness (QED) is 0.712. The molecule has 0 bridgehead atoms. The van der Waals surface area contributed by atoms with E-state index in [1.807, 2.05) is 34.9 Å². The van der Waals surface area contributed by atoms with Crippen molar-refractivity contribution < 1.29 is 13.2 Å². The Labute approximate surface area is 179 Å². The first kappa shape index (κ1) is 20.4. The van der Waals surface area contributed by atoms with Crippen molar-refractivity contribution in [3.8, 4) is 0 Å². The molecule has 9 heteroatoms. The molecule has 2 aromatic rings. The maximum absolute atomic E-state index is 13.2. The summed E-state index contributed by atoms with van der Waals surface area (Å²) in [5, 5.41) is 0. The molecule has 3 heterocycles. The van der Waals surface area contributed by atoms with Crippen molar-refractivity contribution >= 4 is 44.7 Å². The van der Waals surface area contributed by atoms with E-state index in [1.54, 1.807) is 18.2 Å². The maximum atomic E-state index is 13.2.